The van der Waals surface area contributed by atoms with Crippen LogP contribution < -0.4 is 4.74 Å². The molecule has 0 fully saturated rings. The van der Waals surface area contributed by atoms with Crippen LogP contribution in [-0.2, 0) is 0 Å². The molecule has 14 heavy (non-hydrogen) atoms. The Morgan fingerprint density at radius 2 is 2.21 bits per heavy atom. The Kier molecular flexibility index (Phi) is 4.17. The van der Waals surface area contributed by atoms with E-state index in [1.807, 2.05) is 24.3 Å². The smallest absolute Gasteiger partial charge is 0.119 e. The Bertz CT molecular complexity index is 332. The van der Waals surface area contributed by atoms with Crippen LogP contribution in [0.5, 0.6) is 5.75 Å². The molecule has 1 unspecified atom stereocenters. The summed E-state index contributed by atoms with van der Waals surface area (Å²) >= 11 is 3.42. The van der Waals surface area contributed by atoms with Gasteiger partial charge in [-0.1, -0.05) is 28.1 Å². The Hall–Kier alpha value is -0.800. The fourth-order valence-corrected chi connectivity index (χ4v) is 1.40. The van der Waals surface area contributed by atoms with Gasteiger partial charge >= 0.3 is 0 Å². The van der Waals surface area contributed by atoms with E-state index in [1.54, 1.807) is 20.1 Å². The molecule has 0 aliphatic rings. The predicted molar refractivity (Wildman–Crippen MR) is 61.4 cm³/mol. The van der Waals surface area contributed by atoms with E-state index < -0.39 is 6.10 Å². The van der Waals surface area contributed by atoms with Crippen LogP contribution in [0.3, 0.4) is 0 Å². The van der Waals surface area contributed by atoms with Gasteiger partial charge in [-0.05, 0) is 30.7 Å². The molecule has 1 rings (SSSR count). The zero-order valence-corrected chi connectivity index (χ0v) is 9.78. The Balaban J connectivity index is 2.94. The predicted octanol–water partition coefficient (Wildman–Crippen LogP) is 2.85. The third-order valence-electron chi connectivity index (χ3n) is 1.76. The Morgan fingerprint density at radius 1 is 1.50 bits per heavy atom. The normalized spacial score (nSPS) is 13.1. The molecule has 0 aliphatic heterocycles. The standard InChI is InChI=1S/C11H13BrO2/c1-8(13)3-4-9-7-10(14-2)5-6-11(9)12/h3-8,13H,1-2H3/b4-3+. The van der Waals surface area contributed by atoms with Crippen molar-refractivity contribution in [3.63, 3.8) is 0 Å². The second-order valence-corrected chi connectivity index (χ2v) is 3.84. The summed E-state index contributed by atoms with van der Waals surface area (Å²) < 4.78 is 6.08. The van der Waals surface area contributed by atoms with Crippen molar-refractivity contribution in [1.82, 2.24) is 0 Å². The molecule has 2 nitrogen and oxygen atoms in total. The van der Waals surface area contributed by atoms with E-state index in [2.05, 4.69) is 15.9 Å². The van der Waals surface area contributed by atoms with Crippen LogP contribution >= 0.6 is 15.9 Å². The molecule has 3 heteroatoms. The molecule has 1 aromatic rings. The van der Waals surface area contributed by atoms with E-state index in [0.29, 0.717) is 0 Å². The second-order valence-electron chi connectivity index (χ2n) is 2.99. The molecule has 0 amide bonds. The first-order valence-electron chi connectivity index (χ1n) is 4.33. The highest BCUT2D eigenvalue weighted by molar-refractivity contribution is 9.10. The Labute approximate surface area is 92.3 Å². The van der Waals surface area contributed by atoms with E-state index >= 15 is 0 Å². The summed E-state index contributed by atoms with van der Waals surface area (Å²) in [6.45, 7) is 1.71. The average molecular weight is 257 g/mol. The lowest BCUT2D eigenvalue weighted by atomic mass is 10.2. The van der Waals surface area contributed by atoms with E-state index in [4.69, 9.17) is 9.84 Å². The molecule has 1 aromatic carbocycles. The zero-order valence-electron chi connectivity index (χ0n) is 8.20. The van der Waals surface area contributed by atoms with Gasteiger partial charge in [0.1, 0.15) is 5.75 Å². The zero-order chi connectivity index (χ0) is 10.6. The molecular weight excluding hydrogens is 244 g/mol. The molecule has 1 atom stereocenters. The first kappa shape index (κ1) is 11.3. The van der Waals surface area contributed by atoms with E-state index in [-0.39, 0.29) is 0 Å². The van der Waals surface area contributed by atoms with Crippen molar-refractivity contribution in [1.29, 1.82) is 0 Å². The number of hydrogen-bond donors (Lipinski definition) is 1. The van der Waals surface area contributed by atoms with Gasteiger partial charge in [0.25, 0.3) is 0 Å². The lowest BCUT2D eigenvalue weighted by molar-refractivity contribution is 0.245. The lowest BCUT2D eigenvalue weighted by Gasteiger charge is -2.03. The molecule has 0 aliphatic carbocycles. The largest absolute Gasteiger partial charge is 0.497 e. The van der Waals surface area contributed by atoms with Gasteiger partial charge in [-0.25, -0.2) is 0 Å². The summed E-state index contributed by atoms with van der Waals surface area (Å²) in [4.78, 5) is 0. The molecule has 0 spiro atoms. The second kappa shape index (κ2) is 5.17. The fourth-order valence-electron chi connectivity index (χ4n) is 1.02. The van der Waals surface area contributed by atoms with Crippen molar-refractivity contribution in [3.05, 3.63) is 34.3 Å². The summed E-state index contributed by atoms with van der Waals surface area (Å²) in [6, 6.07) is 5.70. The van der Waals surface area contributed by atoms with E-state index in [1.165, 1.54) is 0 Å². The van der Waals surface area contributed by atoms with Crippen LogP contribution in [0.2, 0.25) is 0 Å². The number of hydrogen-bond acceptors (Lipinski definition) is 2. The van der Waals surface area contributed by atoms with Crippen LogP contribution in [0.4, 0.5) is 0 Å². The number of methoxy groups -OCH3 is 1. The molecule has 1 N–H and O–H groups in total. The van der Waals surface area contributed by atoms with Crippen molar-refractivity contribution in [2.75, 3.05) is 7.11 Å². The van der Waals surface area contributed by atoms with Crippen molar-refractivity contribution in [2.45, 2.75) is 13.0 Å². The van der Waals surface area contributed by atoms with Gasteiger partial charge < -0.3 is 9.84 Å². The third kappa shape index (κ3) is 3.16. The lowest BCUT2D eigenvalue weighted by Crippen LogP contribution is -1.91. The van der Waals surface area contributed by atoms with Crippen LogP contribution in [-0.4, -0.2) is 18.3 Å². The van der Waals surface area contributed by atoms with E-state index in [0.717, 1.165) is 15.8 Å². The molecule has 0 saturated carbocycles. The molecule has 0 saturated heterocycles. The Morgan fingerprint density at radius 3 is 2.79 bits per heavy atom. The van der Waals surface area contributed by atoms with Crippen molar-refractivity contribution in [3.8, 4) is 5.75 Å². The highest BCUT2D eigenvalue weighted by Gasteiger charge is 1.98. The SMILES string of the molecule is COc1ccc(Br)c(/C=C/C(C)O)c1. The van der Waals surface area contributed by atoms with Crippen LogP contribution in [0.25, 0.3) is 6.08 Å². The van der Waals surface area contributed by atoms with Gasteiger partial charge in [-0.3, -0.25) is 0 Å². The summed E-state index contributed by atoms with van der Waals surface area (Å²) in [5.41, 5.74) is 0.991. The summed E-state index contributed by atoms with van der Waals surface area (Å²) in [5.74, 6) is 0.804. The average Bonchev–Trinajstić information content (AvgIpc) is 2.16. The molecule has 76 valence electrons. The molecule has 0 heterocycles. The van der Waals surface area contributed by atoms with Crippen LogP contribution in [0, 0.1) is 0 Å². The number of aliphatic hydroxyl groups is 1. The molecule has 0 bridgehead atoms. The molecule has 0 radical (unpaired) electrons. The maximum Gasteiger partial charge on any atom is 0.119 e. The van der Waals surface area contributed by atoms with Crippen molar-refractivity contribution < 1.29 is 9.84 Å². The summed E-state index contributed by atoms with van der Waals surface area (Å²) in [5, 5.41) is 9.10. The van der Waals surface area contributed by atoms with Gasteiger partial charge in [0.2, 0.25) is 0 Å². The van der Waals surface area contributed by atoms with E-state index in [9.17, 15) is 0 Å². The monoisotopic (exact) mass is 256 g/mol. The first-order valence-corrected chi connectivity index (χ1v) is 5.12. The van der Waals surface area contributed by atoms with Gasteiger partial charge in [0, 0.05) is 4.47 Å². The minimum absolute atomic E-state index is 0.437. The maximum absolute atomic E-state index is 9.10. The summed E-state index contributed by atoms with van der Waals surface area (Å²) in [7, 11) is 1.63. The van der Waals surface area contributed by atoms with Gasteiger partial charge in [-0.2, -0.15) is 0 Å². The maximum atomic E-state index is 9.10. The highest BCUT2D eigenvalue weighted by atomic mass is 79.9. The van der Waals surface area contributed by atoms with Crippen molar-refractivity contribution >= 4 is 22.0 Å². The fraction of sp³-hybridized carbons (Fsp3) is 0.273. The molecule has 0 aromatic heterocycles. The number of benzene rings is 1. The number of aliphatic hydroxyl groups excluding tert-OH is 1. The molecular formula is C11H13BrO2. The highest BCUT2D eigenvalue weighted by Crippen LogP contribution is 2.23. The number of ether oxygens (including phenoxy) is 1. The van der Waals surface area contributed by atoms with Gasteiger partial charge in [-0.15, -0.1) is 0 Å². The quantitative estimate of drug-likeness (QED) is 0.902. The van der Waals surface area contributed by atoms with Crippen LogP contribution in [0.1, 0.15) is 12.5 Å². The van der Waals surface area contributed by atoms with Crippen LogP contribution in [0.15, 0.2) is 28.7 Å². The first-order chi connectivity index (χ1) is 6.63. The number of rotatable bonds is 3. The van der Waals surface area contributed by atoms with Crippen molar-refractivity contribution in [2.24, 2.45) is 0 Å². The van der Waals surface area contributed by atoms with Gasteiger partial charge in [0.15, 0.2) is 0 Å². The number of halogens is 1. The summed E-state index contributed by atoms with van der Waals surface area (Å²) in [6.07, 6.45) is 3.14. The topological polar surface area (TPSA) is 29.5 Å². The van der Waals surface area contributed by atoms with Gasteiger partial charge in [0.05, 0.1) is 13.2 Å². The third-order valence-corrected chi connectivity index (χ3v) is 2.48. The minimum atomic E-state index is -0.437. The minimum Gasteiger partial charge on any atom is -0.497 e.